The molecule has 0 aliphatic rings. The van der Waals surface area contributed by atoms with E-state index in [2.05, 4.69) is 5.32 Å². The first-order valence-corrected chi connectivity index (χ1v) is 7.37. The lowest BCUT2D eigenvalue weighted by molar-refractivity contribution is -0.145. The summed E-state index contributed by atoms with van der Waals surface area (Å²) in [5.74, 6) is -1.07. The molecule has 128 valence electrons. The highest BCUT2D eigenvalue weighted by atomic mass is 16.6. The van der Waals surface area contributed by atoms with Gasteiger partial charge in [-0.25, -0.2) is 4.79 Å². The minimum absolute atomic E-state index is 0.0679. The molecule has 1 aromatic rings. The molecule has 6 heteroatoms. The second-order valence-electron chi connectivity index (χ2n) is 6.55. The third kappa shape index (κ3) is 5.25. The van der Waals surface area contributed by atoms with Crippen molar-refractivity contribution in [2.75, 3.05) is 20.3 Å². The number of hydrogen-bond donors (Lipinski definition) is 2. The Hall–Kier alpha value is -2.08. The van der Waals surface area contributed by atoms with Gasteiger partial charge in [-0.15, -0.1) is 0 Å². The predicted molar refractivity (Wildman–Crippen MR) is 86.6 cm³/mol. The minimum atomic E-state index is -1.38. The van der Waals surface area contributed by atoms with E-state index >= 15 is 0 Å². The van der Waals surface area contributed by atoms with Crippen molar-refractivity contribution in [2.24, 2.45) is 0 Å². The Labute approximate surface area is 136 Å². The third-order valence-electron chi connectivity index (χ3n) is 3.30. The highest BCUT2D eigenvalue weighted by Gasteiger charge is 2.41. The van der Waals surface area contributed by atoms with Crippen LogP contribution in [0.1, 0.15) is 31.9 Å². The molecule has 0 aliphatic carbocycles. The fourth-order valence-corrected chi connectivity index (χ4v) is 2.22. The molecule has 2 N–H and O–H groups in total. The zero-order valence-corrected chi connectivity index (χ0v) is 14.3. The molecule has 0 heterocycles. The molecule has 0 aliphatic heterocycles. The highest BCUT2D eigenvalue weighted by molar-refractivity contribution is 5.83. The number of alkyl carbamates (subject to hydrolysis) is 1. The van der Waals surface area contributed by atoms with E-state index in [9.17, 15) is 14.7 Å². The molecule has 0 saturated heterocycles. The number of carboxylic acid groups (broad SMARTS) is 1. The molecule has 1 amide bonds. The number of amides is 1. The van der Waals surface area contributed by atoms with Crippen LogP contribution in [0.25, 0.3) is 0 Å². The van der Waals surface area contributed by atoms with Crippen LogP contribution in [0.2, 0.25) is 0 Å². The third-order valence-corrected chi connectivity index (χ3v) is 3.30. The summed E-state index contributed by atoms with van der Waals surface area (Å²) in [4.78, 5) is 23.8. The SMILES string of the molecule is COCC(CNC(=O)OC(C)(C)C)(C(=O)O)c1cccc(C)c1. The van der Waals surface area contributed by atoms with Gasteiger partial charge in [0.05, 0.1) is 6.61 Å². The van der Waals surface area contributed by atoms with Crippen molar-refractivity contribution in [2.45, 2.75) is 38.7 Å². The Morgan fingerprint density at radius 1 is 1.26 bits per heavy atom. The van der Waals surface area contributed by atoms with Crippen molar-refractivity contribution in [1.82, 2.24) is 5.32 Å². The monoisotopic (exact) mass is 323 g/mol. The average Bonchev–Trinajstić information content (AvgIpc) is 2.41. The van der Waals surface area contributed by atoms with Crippen LogP contribution in [-0.2, 0) is 19.7 Å². The molecule has 1 rings (SSSR count). The molecule has 1 atom stereocenters. The number of aryl methyl sites for hydroxylation is 1. The first-order chi connectivity index (χ1) is 10.6. The van der Waals surface area contributed by atoms with Crippen LogP contribution < -0.4 is 5.32 Å². The van der Waals surface area contributed by atoms with Crippen molar-refractivity contribution in [3.63, 3.8) is 0 Å². The van der Waals surface area contributed by atoms with Crippen LogP contribution >= 0.6 is 0 Å². The number of methoxy groups -OCH3 is 1. The van der Waals surface area contributed by atoms with Gasteiger partial charge >= 0.3 is 12.1 Å². The van der Waals surface area contributed by atoms with Crippen LogP contribution in [0, 0.1) is 6.92 Å². The lowest BCUT2D eigenvalue weighted by atomic mass is 9.80. The molecule has 0 spiro atoms. The van der Waals surface area contributed by atoms with E-state index in [1.165, 1.54) is 7.11 Å². The zero-order chi connectivity index (χ0) is 17.7. The second kappa shape index (κ2) is 7.46. The molecule has 1 unspecified atom stereocenters. The lowest BCUT2D eigenvalue weighted by Crippen LogP contribution is -2.50. The largest absolute Gasteiger partial charge is 0.480 e. The van der Waals surface area contributed by atoms with E-state index in [-0.39, 0.29) is 13.2 Å². The van der Waals surface area contributed by atoms with Gasteiger partial charge in [0.15, 0.2) is 0 Å². The van der Waals surface area contributed by atoms with Crippen molar-refractivity contribution in [3.05, 3.63) is 35.4 Å². The van der Waals surface area contributed by atoms with Crippen molar-refractivity contribution in [3.8, 4) is 0 Å². The van der Waals surface area contributed by atoms with E-state index in [0.29, 0.717) is 5.56 Å². The van der Waals surface area contributed by atoms with Gasteiger partial charge in [0, 0.05) is 13.7 Å². The number of hydrogen-bond acceptors (Lipinski definition) is 4. The van der Waals surface area contributed by atoms with E-state index in [1.54, 1.807) is 39.0 Å². The van der Waals surface area contributed by atoms with Crippen LogP contribution in [0.15, 0.2) is 24.3 Å². The smallest absolute Gasteiger partial charge is 0.407 e. The van der Waals surface area contributed by atoms with Gasteiger partial charge in [-0.2, -0.15) is 0 Å². The van der Waals surface area contributed by atoms with Gasteiger partial charge in [0.2, 0.25) is 0 Å². The number of benzene rings is 1. The van der Waals surface area contributed by atoms with Crippen LogP contribution in [0.5, 0.6) is 0 Å². The summed E-state index contributed by atoms with van der Waals surface area (Å²) in [6, 6.07) is 7.16. The Kier molecular flexibility index (Phi) is 6.15. The van der Waals surface area contributed by atoms with Gasteiger partial charge in [0.1, 0.15) is 11.0 Å². The molecule has 0 saturated carbocycles. The Morgan fingerprint density at radius 3 is 2.39 bits per heavy atom. The topological polar surface area (TPSA) is 84.9 Å². The summed E-state index contributed by atoms with van der Waals surface area (Å²) in [6.45, 7) is 6.91. The first kappa shape index (κ1) is 19.0. The summed E-state index contributed by atoms with van der Waals surface area (Å²) < 4.78 is 10.3. The maximum Gasteiger partial charge on any atom is 0.407 e. The average molecular weight is 323 g/mol. The fraction of sp³-hybridized carbons (Fsp3) is 0.529. The summed E-state index contributed by atoms with van der Waals surface area (Å²) in [7, 11) is 1.43. The maximum absolute atomic E-state index is 11.9. The number of rotatable bonds is 6. The molecular weight excluding hydrogens is 298 g/mol. The standard InChI is InChI=1S/C17H25NO5/c1-12-7-6-8-13(9-12)17(11-22-5,14(19)20)10-18-15(21)23-16(2,3)4/h6-9H,10-11H2,1-5H3,(H,18,21)(H,19,20). The Bertz CT molecular complexity index is 564. The zero-order valence-electron chi connectivity index (χ0n) is 14.3. The second-order valence-corrected chi connectivity index (χ2v) is 6.55. The van der Waals surface area contributed by atoms with Gasteiger partial charge in [0.25, 0.3) is 0 Å². The quantitative estimate of drug-likeness (QED) is 0.840. The van der Waals surface area contributed by atoms with Crippen LogP contribution in [0.4, 0.5) is 4.79 Å². The summed E-state index contributed by atoms with van der Waals surface area (Å²) >= 11 is 0. The van der Waals surface area contributed by atoms with E-state index in [1.807, 2.05) is 13.0 Å². The Balaban J connectivity index is 3.06. The van der Waals surface area contributed by atoms with Gasteiger partial charge in [-0.05, 0) is 33.3 Å². The normalized spacial score (nSPS) is 14.0. The maximum atomic E-state index is 11.9. The van der Waals surface area contributed by atoms with Crippen molar-refractivity contribution < 1.29 is 24.2 Å². The molecule has 0 fully saturated rings. The van der Waals surface area contributed by atoms with Gasteiger partial charge in [-0.3, -0.25) is 4.79 Å². The molecule has 1 aromatic carbocycles. The van der Waals surface area contributed by atoms with Crippen molar-refractivity contribution >= 4 is 12.1 Å². The van der Waals surface area contributed by atoms with E-state index in [0.717, 1.165) is 5.56 Å². The molecule has 23 heavy (non-hydrogen) atoms. The fourth-order valence-electron chi connectivity index (χ4n) is 2.22. The van der Waals surface area contributed by atoms with Crippen molar-refractivity contribution in [1.29, 1.82) is 0 Å². The molecule has 0 aromatic heterocycles. The summed E-state index contributed by atoms with van der Waals surface area (Å²) in [5.41, 5.74) is -0.525. The molecule has 6 nitrogen and oxygen atoms in total. The number of nitrogens with one attached hydrogen (secondary N) is 1. The summed E-state index contributed by atoms with van der Waals surface area (Å²) in [6.07, 6.45) is -0.660. The molecular formula is C17H25NO5. The van der Waals surface area contributed by atoms with Gasteiger partial charge in [-0.1, -0.05) is 29.8 Å². The summed E-state index contributed by atoms with van der Waals surface area (Å²) in [5, 5.41) is 12.3. The molecule has 0 radical (unpaired) electrons. The lowest BCUT2D eigenvalue weighted by Gasteiger charge is -2.30. The number of carbonyl (C=O) groups is 2. The first-order valence-electron chi connectivity index (χ1n) is 7.37. The van der Waals surface area contributed by atoms with Crippen LogP contribution in [-0.4, -0.2) is 43.0 Å². The highest BCUT2D eigenvalue weighted by Crippen LogP contribution is 2.26. The number of carbonyl (C=O) groups excluding carboxylic acids is 1. The van der Waals surface area contributed by atoms with Crippen LogP contribution in [0.3, 0.4) is 0 Å². The van der Waals surface area contributed by atoms with E-state index < -0.39 is 23.1 Å². The molecule has 0 bridgehead atoms. The number of aliphatic carboxylic acids is 1. The predicted octanol–water partition coefficient (Wildman–Crippen LogP) is 2.49. The van der Waals surface area contributed by atoms with E-state index in [4.69, 9.17) is 9.47 Å². The van der Waals surface area contributed by atoms with Gasteiger partial charge < -0.3 is 19.9 Å². The number of carboxylic acids is 1. The Morgan fingerprint density at radius 2 is 1.91 bits per heavy atom. The minimum Gasteiger partial charge on any atom is -0.480 e. The number of ether oxygens (including phenoxy) is 2.